The summed E-state index contributed by atoms with van der Waals surface area (Å²) in [6.45, 7) is 0.798. The molecule has 0 spiro atoms. The van der Waals surface area contributed by atoms with Gasteiger partial charge in [-0.3, -0.25) is 9.59 Å². The maximum atomic E-state index is 13.9. The van der Waals surface area contributed by atoms with Crippen LogP contribution in [-0.4, -0.2) is 63.7 Å². The molecule has 10 nitrogen and oxygen atoms in total. The van der Waals surface area contributed by atoms with Gasteiger partial charge in [0.25, 0.3) is 0 Å². The highest BCUT2D eigenvalue weighted by molar-refractivity contribution is 7.89. The smallest absolute Gasteiger partial charge is 0.321 e. The van der Waals surface area contributed by atoms with E-state index in [1.165, 1.54) is 36.4 Å². The number of halogens is 2. The molecule has 0 heterocycles. The summed E-state index contributed by atoms with van der Waals surface area (Å²) in [5, 5.41) is 0. The Hall–Kier alpha value is -3.72. The summed E-state index contributed by atoms with van der Waals surface area (Å²) in [6, 6.07) is 14.7. The molecule has 3 rings (SSSR count). The van der Waals surface area contributed by atoms with Crippen molar-refractivity contribution in [1.29, 1.82) is 0 Å². The van der Waals surface area contributed by atoms with E-state index in [-0.39, 0.29) is 24.3 Å². The van der Waals surface area contributed by atoms with Gasteiger partial charge in [0, 0.05) is 13.1 Å². The SMILES string of the molecule is CCOC(=O)CN(Cc1ccccc1CN(CC(=O)OCC)S(=O)(=O)c1cccc(F)c1)S(=O)(=O)c1cccc(F)c1. The molecule has 0 unspecified atom stereocenters. The van der Waals surface area contributed by atoms with E-state index in [2.05, 4.69) is 0 Å². The number of carbonyl (C=O) groups excluding carboxylic acids is 2. The van der Waals surface area contributed by atoms with E-state index in [0.29, 0.717) is 0 Å². The van der Waals surface area contributed by atoms with Crippen LogP contribution in [0.5, 0.6) is 0 Å². The number of carbonyl (C=O) groups is 2. The van der Waals surface area contributed by atoms with Crippen molar-refractivity contribution in [3.63, 3.8) is 0 Å². The third-order valence-corrected chi connectivity index (χ3v) is 9.48. The zero-order valence-electron chi connectivity index (χ0n) is 22.9. The molecule has 0 aromatic heterocycles. The number of ether oxygens (including phenoxy) is 2. The van der Waals surface area contributed by atoms with Gasteiger partial charge in [-0.1, -0.05) is 36.4 Å². The number of sulfonamides is 2. The molecule has 0 saturated carbocycles. The first-order valence-corrected chi connectivity index (χ1v) is 15.7. The number of nitrogens with zero attached hydrogens (tertiary/aromatic N) is 2. The minimum Gasteiger partial charge on any atom is -0.465 e. The number of hydrogen-bond acceptors (Lipinski definition) is 8. The highest BCUT2D eigenvalue weighted by Gasteiger charge is 2.31. The molecule has 0 bridgehead atoms. The van der Waals surface area contributed by atoms with Gasteiger partial charge in [0.2, 0.25) is 20.0 Å². The van der Waals surface area contributed by atoms with Gasteiger partial charge in [-0.05, 0) is 61.4 Å². The summed E-state index contributed by atoms with van der Waals surface area (Å²) in [5.74, 6) is -3.31. The second-order valence-corrected chi connectivity index (χ2v) is 12.7. The summed E-state index contributed by atoms with van der Waals surface area (Å²) in [5.41, 5.74) is 0.565. The molecule has 0 fully saturated rings. The van der Waals surface area contributed by atoms with E-state index < -0.39 is 79.6 Å². The van der Waals surface area contributed by atoms with Crippen LogP contribution in [0.3, 0.4) is 0 Å². The standard InChI is InChI=1S/C28H30F2N2O8S2/c1-3-39-27(33)19-31(41(35,36)25-13-7-11-23(29)15-25)17-21-9-5-6-10-22(21)18-32(20-28(34)40-4-2)42(37,38)26-14-8-12-24(30)16-26/h5-16H,3-4,17-20H2,1-2H3. The summed E-state index contributed by atoms with van der Waals surface area (Å²) >= 11 is 0. The number of rotatable bonds is 14. The van der Waals surface area contributed by atoms with Crippen molar-refractivity contribution in [2.24, 2.45) is 0 Å². The van der Waals surface area contributed by atoms with Gasteiger partial charge in [-0.2, -0.15) is 8.61 Å². The molecule has 0 radical (unpaired) electrons. The summed E-state index contributed by atoms with van der Waals surface area (Å²) in [7, 11) is -8.88. The first kappa shape index (κ1) is 32.8. The normalized spacial score (nSPS) is 12.0. The third kappa shape index (κ3) is 8.41. The topological polar surface area (TPSA) is 127 Å². The molecule has 3 aromatic rings. The maximum absolute atomic E-state index is 13.9. The lowest BCUT2D eigenvalue weighted by Gasteiger charge is -2.25. The molecule has 0 amide bonds. The van der Waals surface area contributed by atoms with Crippen LogP contribution in [0.1, 0.15) is 25.0 Å². The van der Waals surface area contributed by atoms with E-state index >= 15 is 0 Å². The van der Waals surface area contributed by atoms with Crippen molar-refractivity contribution in [3.8, 4) is 0 Å². The zero-order chi connectivity index (χ0) is 30.9. The van der Waals surface area contributed by atoms with Crippen LogP contribution in [0.15, 0.2) is 82.6 Å². The van der Waals surface area contributed by atoms with E-state index in [0.717, 1.165) is 32.9 Å². The molecule has 14 heteroatoms. The first-order valence-electron chi connectivity index (χ1n) is 12.8. The fraction of sp³-hybridized carbons (Fsp3) is 0.286. The van der Waals surface area contributed by atoms with Crippen LogP contribution in [-0.2, 0) is 52.2 Å². The van der Waals surface area contributed by atoms with E-state index in [9.17, 15) is 35.2 Å². The average Bonchev–Trinajstić information content (AvgIpc) is 2.93. The minimum absolute atomic E-state index is 0.00989. The summed E-state index contributed by atoms with van der Waals surface area (Å²) in [4.78, 5) is 24.0. The van der Waals surface area contributed by atoms with Gasteiger partial charge in [-0.15, -0.1) is 0 Å². The quantitative estimate of drug-likeness (QED) is 0.250. The summed E-state index contributed by atoms with van der Waals surface area (Å²) < 4.78 is 93.3. The largest absolute Gasteiger partial charge is 0.465 e. The molecule has 42 heavy (non-hydrogen) atoms. The Morgan fingerprint density at radius 3 is 1.36 bits per heavy atom. The number of esters is 2. The van der Waals surface area contributed by atoms with Gasteiger partial charge in [-0.25, -0.2) is 25.6 Å². The van der Waals surface area contributed by atoms with E-state index in [1.54, 1.807) is 26.0 Å². The fourth-order valence-corrected chi connectivity index (χ4v) is 6.74. The Balaban J connectivity index is 2.04. The molecule has 0 atom stereocenters. The van der Waals surface area contributed by atoms with Gasteiger partial charge < -0.3 is 9.47 Å². The number of benzene rings is 3. The maximum Gasteiger partial charge on any atom is 0.321 e. The second kappa shape index (κ2) is 14.4. The van der Waals surface area contributed by atoms with Crippen molar-refractivity contribution in [1.82, 2.24) is 8.61 Å². The Bertz CT molecular complexity index is 1510. The average molecular weight is 625 g/mol. The Kier molecular flexibility index (Phi) is 11.3. The lowest BCUT2D eigenvalue weighted by molar-refractivity contribution is -0.144. The molecular formula is C28H30F2N2O8S2. The summed E-state index contributed by atoms with van der Waals surface area (Å²) in [6.07, 6.45) is 0. The van der Waals surface area contributed by atoms with E-state index in [1.807, 2.05) is 0 Å². The minimum atomic E-state index is -4.44. The second-order valence-electron chi connectivity index (χ2n) is 8.84. The van der Waals surface area contributed by atoms with Gasteiger partial charge in [0.05, 0.1) is 23.0 Å². The molecule has 0 aliphatic rings. The van der Waals surface area contributed by atoms with Crippen molar-refractivity contribution in [3.05, 3.63) is 95.6 Å². The highest BCUT2D eigenvalue weighted by Crippen LogP contribution is 2.24. The first-order chi connectivity index (χ1) is 19.9. The molecule has 0 aliphatic carbocycles. The predicted molar refractivity (Wildman–Crippen MR) is 148 cm³/mol. The Morgan fingerprint density at radius 1 is 0.643 bits per heavy atom. The van der Waals surface area contributed by atoms with Crippen molar-refractivity contribution < 1.29 is 44.7 Å². The zero-order valence-corrected chi connectivity index (χ0v) is 24.5. The monoisotopic (exact) mass is 624 g/mol. The Labute approximate surface area is 243 Å². The van der Waals surface area contributed by atoms with Gasteiger partial charge >= 0.3 is 11.9 Å². The molecule has 226 valence electrons. The molecule has 0 N–H and O–H groups in total. The lowest BCUT2D eigenvalue weighted by atomic mass is 10.1. The van der Waals surface area contributed by atoms with Crippen LogP contribution in [0.4, 0.5) is 8.78 Å². The van der Waals surface area contributed by atoms with Crippen LogP contribution < -0.4 is 0 Å². The van der Waals surface area contributed by atoms with Gasteiger partial charge in [0.15, 0.2) is 0 Å². The van der Waals surface area contributed by atoms with Crippen LogP contribution in [0, 0.1) is 11.6 Å². The van der Waals surface area contributed by atoms with Crippen molar-refractivity contribution in [2.75, 3.05) is 26.3 Å². The lowest BCUT2D eigenvalue weighted by Crippen LogP contribution is -2.38. The van der Waals surface area contributed by atoms with Gasteiger partial charge in [0.1, 0.15) is 24.7 Å². The number of hydrogen-bond donors (Lipinski definition) is 0. The van der Waals surface area contributed by atoms with Crippen molar-refractivity contribution >= 4 is 32.0 Å². The Morgan fingerprint density at radius 2 is 1.02 bits per heavy atom. The fourth-order valence-electron chi connectivity index (χ4n) is 3.95. The molecule has 3 aromatic carbocycles. The molecule has 0 aliphatic heterocycles. The molecule has 0 saturated heterocycles. The van der Waals surface area contributed by atoms with Crippen molar-refractivity contribution in [2.45, 2.75) is 36.7 Å². The van der Waals surface area contributed by atoms with Crippen LogP contribution in [0.2, 0.25) is 0 Å². The predicted octanol–water partition coefficient (Wildman–Crippen LogP) is 3.47. The van der Waals surface area contributed by atoms with E-state index in [4.69, 9.17) is 9.47 Å². The molecular weight excluding hydrogens is 594 g/mol. The highest BCUT2D eigenvalue weighted by atomic mass is 32.2. The van der Waals surface area contributed by atoms with Crippen LogP contribution in [0.25, 0.3) is 0 Å². The third-order valence-electron chi connectivity index (χ3n) is 5.90. The van der Waals surface area contributed by atoms with Crippen LogP contribution >= 0.6 is 0 Å².